The maximum absolute atomic E-state index is 5.64. The van der Waals surface area contributed by atoms with Crippen LogP contribution < -0.4 is 15.4 Å². The van der Waals surface area contributed by atoms with Crippen molar-refractivity contribution in [1.29, 1.82) is 0 Å². The number of nitrogens with zero attached hydrogens (tertiary/aromatic N) is 3. The van der Waals surface area contributed by atoms with Crippen molar-refractivity contribution in [3.8, 4) is 17.2 Å². The van der Waals surface area contributed by atoms with E-state index in [1.165, 1.54) is 24.8 Å². The second-order valence-corrected chi connectivity index (χ2v) is 8.20. The van der Waals surface area contributed by atoms with Gasteiger partial charge in [0, 0.05) is 19.2 Å². The molecule has 0 saturated carbocycles. The molecule has 3 aromatic rings. The number of halogens is 1. The SMILES string of the molecule is CN=C(NCc1coc(-c2ccccc2)n1)NCC(c1ccc(OC)cc1)N1CCCCC1.I. The second kappa shape index (κ2) is 13.3. The van der Waals surface area contributed by atoms with E-state index in [-0.39, 0.29) is 30.0 Å². The van der Waals surface area contributed by atoms with Crippen molar-refractivity contribution >= 4 is 29.9 Å². The second-order valence-electron chi connectivity index (χ2n) is 8.20. The average Bonchev–Trinajstić information content (AvgIpc) is 3.36. The lowest BCUT2D eigenvalue weighted by Crippen LogP contribution is -2.44. The Morgan fingerprint density at radius 1 is 1.06 bits per heavy atom. The van der Waals surface area contributed by atoms with Crippen LogP contribution in [0.1, 0.15) is 36.6 Å². The van der Waals surface area contributed by atoms with Crippen molar-refractivity contribution in [2.24, 2.45) is 4.99 Å². The van der Waals surface area contributed by atoms with Crippen LogP contribution in [0.5, 0.6) is 5.75 Å². The van der Waals surface area contributed by atoms with Crippen LogP contribution in [0, 0.1) is 0 Å². The minimum absolute atomic E-state index is 0. The molecule has 2 aromatic carbocycles. The van der Waals surface area contributed by atoms with E-state index in [0.29, 0.717) is 12.4 Å². The lowest BCUT2D eigenvalue weighted by Gasteiger charge is -2.35. The van der Waals surface area contributed by atoms with Gasteiger partial charge in [0.05, 0.1) is 25.4 Å². The zero-order valence-corrected chi connectivity index (χ0v) is 22.2. The Bertz CT molecular complexity index is 1020. The molecule has 0 radical (unpaired) electrons. The van der Waals surface area contributed by atoms with Crippen LogP contribution in [0.3, 0.4) is 0 Å². The fourth-order valence-electron chi connectivity index (χ4n) is 4.20. The number of oxazole rings is 1. The number of ether oxygens (including phenoxy) is 1. The lowest BCUT2D eigenvalue weighted by molar-refractivity contribution is 0.164. The van der Waals surface area contributed by atoms with E-state index in [1.54, 1.807) is 20.4 Å². The van der Waals surface area contributed by atoms with Crippen LogP contribution in [0.15, 0.2) is 70.3 Å². The summed E-state index contributed by atoms with van der Waals surface area (Å²) in [5.74, 6) is 2.25. The van der Waals surface area contributed by atoms with Crippen LogP contribution in [-0.2, 0) is 6.54 Å². The van der Waals surface area contributed by atoms with Crippen molar-refractivity contribution in [3.63, 3.8) is 0 Å². The molecule has 0 aliphatic carbocycles. The molecule has 2 N–H and O–H groups in total. The maximum Gasteiger partial charge on any atom is 0.226 e. The molecule has 4 rings (SSSR count). The molecule has 34 heavy (non-hydrogen) atoms. The van der Waals surface area contributed by atoms with E-state index in [2.05, 4.69) is 37.6 Å². The number of methoxy groups -OCH3 is 1. The van der Waals surface area contributed by atoms with Gasteiger partial charge in [-0.15, -0.1) is 24.0 Å². The molecule has 2 heterocycles. The summed E-state index contributed by atoms with van der Waals surface area (Å²) in [6, 6.07) is 18.6. The Labute approximate surface area is 219 Å². The van der Waals surface area contributed by atoms with E-state index < -0.39 is 0 Å². The van der Waals surface area contributed by atoms with E-state index in [9.17, 15) is 0 Å². The number of hydrogen-bond donors (Lipinski definition) is 2. The van der Waals surface area contributed by atoms with E-state index in [0.717, 1.165) is 42.6 Å². The van der Waals surface area contributed by atoms with Gasteiger partial charge in [0.1, 0.15) is 12.0 Å². The summed E-state index contributed by atoms with van der Waals surface area (Å²) in [7, 11) is 3.49. The highest BCUT2D eigenvalue weighted by Crippen LogP contribution is 2.26. The first-order valence-electron chi connectivity index (χ1n) is 11.6. The first kappa shape index (κ1) is 26.0. The van der Waals surface area contributed by atoms with Crippen molar-refractivity contribution < 1.29 is 9.15 Å². The van der Waals surface area contributed by atoms with E-state index >= 15 is 0 Å². The summed E-state index contributed by atoms with van der Waals surface area (Å²) in [5.41, 5.74) is 3.08. The summed E-state index contributed by atoms with van der Waals surface area (Å²) in [6.07, 6.45) is 5.49. The summed E-state index contributed by atoms with van der Waals surface area (Å²) < 4.78 is 11.0. The third-order valence-electron chi connectivity index (χ3n) is 6.03. The van der Waals surface area contributed by atoms with Crippen LogP contribution in [-0.4, -0.2) is 49.6 Å². The zero-order chi connectivity index (χ0) is 22.9. The molecule has 0 bridgehead atoms. The minimum atomic E-state index is 0. The largest absolute Gasteiger partial charge is 0.497 e. The molecular weight excluding hydrogens is 541 g/mol. The fraction of sp³-hybridized carbons (Fsp3) is 0.385. The lowest BCUT2D eigenvalue weighted by atomic mass is 10.0. The van der Waals surface area contributed by atoms with Gasteiger partial charge in [0.25, 0.3) is 0 Å². The normalized spacial score (nSPS) is 15.3. The predicted molar refractivity (Wildman–Crippen MR) is 147 cm³/mol. The third kappa shape index (κ3) is 6.96. The quantitative estimate of drug-likeness (QED) is 0.227. The Hall–Kier alpha value is -2.59. The maximum atomic E-state index is 5.64. The molecule has 7 nitrogen and oxygen atoms in total. The number of piperidine rings is 1. The van der Waals surface area contributed by atoms with Gasteiger partial charge in [-0.2, -0.15) is 0 Å². The summed E-state index contributed by atoms with van der Waals surface area (Å²) in [4.78, 5) is 11.6. The zero-order valence-electron chi connectivity index (χ0n) is 19.9. The van der Waals surface area contributed by atoms with Gasteiger partial charge in [-0.05, 0) is 55.8 Å². The standard InChI is InChI=1S/C26H33N5O2.HI/c1-27-26(28-17-22-19-33-25(30-22)21-9-5-3-6-10-21)29-18-24(31-15-7-4-8-16-31)20-11-13-23(32-2)14-12-20;/h3,5-6,9-14,19,24H,4,7-8,15-18H2,1-2H3,(H2,27,28,29);1H. The first-order chi connectivity index (χ1) is 16.3. The number of nitrogens with one attached hydrogen (secondary N) is 2. The topological polar surface area (TPSA) is 74.9 Å². The van der Waals surface area contributed by atoms with E-state index in [4.69, 9.17) is 9.15 Å². The summed E-state index contributed by atoms with van der Waals surface area (Å²) in [5, 5.41) is 6.87. The molecule has 1 aromatic heterocycles. The number of guanidine groups is 1. The Morgan fingerprint density at radius 2 is 1.79 bits per heavy atom. The van der Waals surface area contributed by atoms with Gasteiger partial charge >= 0.3 is 0 Å². The van der Waals surface area contributed by atoms with Gasteiger partial charge in [0.15, 0.2) is 5.96 Å². The number of likely N-dealkylation sites (tertiary alicyclic amines) is 1. The molecule has 182 valence electrons. The van der Waals surface area contributed by atoms with Crippen molar-refractivity contribution in [1.82, 2.24) is 20.5 Å². The molecule has 0 amide bonds. The van der Waals surface area contributed by atoms with Crippen molar-refractivity contribution in [2.45, 2.75) is 31.8 Å². The molecule has 8 heteroatoms. The third-order valence-corrected chi connectivity index (χ3v) is 6.03. The van der Waals surface area contributed by atoms with Crippen molar-refractivity contribution in [2.75, 3.05) is 33.8 Å². The predicted octanol–water partition coefficient (Wildman–Crippen LogP) is 4.86. The number of hydrogen-bond acceptors (Lipinski definition) is 5. The molecule has 0 spiro atoms. The average molecular weight is 575 g/mol. The van der Waals surface area contributed by atoms with Crippen LogP contribution in [0.25, 0.3) is 11.5 Å². The molecule has 1 saturated heterocycles. The number of aliphatic imine (C=N–C) groups is 1. The van der Waals surface area contributed by atoms with Gasteiger partial charge in [-0.1, -0.05) is 36.8 Å². The highest BCUT2D eigenvalue weighted by molar-refractivity contribution is 14.0. The molecule has 1 unspecified atom stereocenters. The van der Waals surface area contributed by atoms with Gasteiger partial charge in [0.2, 0.25) is 5.89 Å². The van der Waals surface area contributed by atoms with E-state index in [1.807, 2.05) is 42.5 Å². The highest BCUT2D eigenvalue weighted by atomic mass is 127. The van der Waals surface area contributed by atoms with Gasteiger partial charge in [-0.3, -0.25) is 9.89 Å². The van der Waals surface area contributed by atoms with Gasteiger partial charge < -0.3 is 19.8 Å². The summed E-state index contributed by atoms with van der Waals surface area (Å²) >= 11 is 0. The van der Waals surface area contributed by atoms with Crippen LogP contribution in [0.2, 0.25) is 0 Å². The molecule has 1 atom stereocenters. The highest BCUT2D eigenvalue weighted by Gasteiger charge is 2.22. The Balaban J connectivity index is 0.00000324. The first-order valence-corrected chi connectivity index (χ1v) is 11.6. The smallest absolute Gasteiger partial charge is 0.226 e. The van der Waals surface area contributed by atoms with Crippen LogP contribution >= 0.6 is 24.0 Å². The monoisotopic (exact) mass is 575 g/mol. The van der Waals surface area contributed by atoms with Gasteiger partial charge in [-0.25, -0.2) is 4.98 Å². The van der Waals surface area contributed by atoms with Crippen molar-refractivity contribution in [3.05, 3.63) is 72.1 Å². The Morgan fingerprint density at radius 3 is 2.47 bits per heavy atom. The molecular formula is C26H34IN5O2. The van der Waals surface area contributed by atoms with Crippen LogP contribution in [0.4, 0.5) is 0 Å². The molecule has 1 aliphatic rings. The Kier molecular flexibility index (Phi) is 10.2. The summed E-state index contributed by atoms with van der Waals surface area (Å²) in [6.45, 7) is 3.53. The number of benzene rings is 2. The minimum Gasteiger partial charge on any atom is -0.497 e. The number of aromatic nitrogens is 1. The fourth-order valence-corrected chi connectivity index (χ4v) is 4.20. The molecule has 1 fully saturated rings. The molecule has 1 aliphatic heterocycles. The number of rotatable bonds is 8.